The fourth-order valence-corrected chi connectivity index (χ4v) is 2.53. The van der Waals surface area contributed by atoms with E-state index >= 15 is 0 Å². The average molecular weight is 462 g/mol. The SMILES string of the molecule is [Ir].[c-]1ccccc1-n1[c-][n+](-c2ccccc2)c2ccccc21. The second kappa shape index (κ2) is 6.27. The van der Waals surface area contributed by atoms with Crippen LogP contribution in [0, 0.1) is 12.4 Å². The van der Waals surface area contributed by atoms with Crippen LogP contribution in [0.1, 0.15) is 0 Å². The normalized spacial score (nSPS) is 10.4. The fourth-order valence-electron chi connectivity index (χ4n) is 2.53. The van der Waals surface area contributed by atoms with Crippen molar-refractivity contribution in [2.75, 3.05) is 0 Å². The molecule has 0 saturated heterocycles. The van der Waals surface area contributed by atoms with Gasteiger partial charge in [0, 0.05) is 20.1 Å². The van der Waals surface area contributed by atoms with Gasteiger partial charge in [0.05, 0.1) is 16.7 Å². The van der Waals surface area contributed by atoms with Crippen molar-refractivity contribution < 1.29 is 24.7 Å². The van der Waals surface area contributed by atoms with Gasteiger partial charge in [-0.3, -0.25) is 4.57 Å². The molecule has 3 heteroatoms. The van der Waals surface area contributed by atoms with Crippen LogP contribution in [0.15, 0.2) is 78.9 Å². The van der Waals surface area contributed by atoms with Crippen molar-refractivity contribution in [3.63, 3.8) is 0 Å². The van der Waals surface area contributed by atoms with Crippen LogP contribution in [0.25, 0.3) is 22.4 Å². The Morgan fingerprint density at radius 2 is 1.50 bits per heavy atom. The maximum Gasteiger partial charge on any atom is 0.268 e. The first-order chi connectivity index (χ1) is 10.4. The average Bonchev–Trinajstić information content (AvgIpc) is 2.96. The molecular weight excluding hydrogens is 448 g/mol. The van der Waals surface area contributed by atoms with Gasteiger partial charge in [0.2, 0.25) is 0 Å². The van der Waals surface area contributed by atoms with Crippen molar-refractivity contribution in [2.24, 2.45) is 0 Å². The van der Waals surface area contributed by atoms with Gasteiger partial charge < -0.3 is 4.57 Å². The molecule has 0 atom stereocenters. The first-order valence-electron chi connectivity index (χ1n) is 6.91. The number of imidazole rings is 1. The van der Waals surface area contributed by atoms with Gasteiger partial charge in [-0.1, -0.05) is 42.5 Å². The van der Waals surface area contributed by atoms with Gasteiger partial charge in [0.15, 0.2) is 0 Å². The van der Waals surface area contributed by atoms with E-state index in [1.165, 1.54) is 0 Å². The molecule has 0 unspecified atom stereocenters. The molecule has 109 valence electrons. The molecule has 4 rings (SSSR count). The minimum absolute atomic E-state index is 0. The van der Waals surface area contributed by atoms with E-state index in [-0.39, 0.29) is 20.1 Å². The zero-order chi connectivity index (χ0) is 14.1. The number of benzene rings is 3. The van der Waals surface area contributed by atoms with Crippen molar-refractivity contribution in [3.8, 4) is 11.4 Å². The first-order valence-corrected chi connectivity index (χ1v) is 6.91. The molecule has 1 radical (unpaired) electrons. The minimum atomic E-state index is 0. The van der Waals surface area contributed by atoms with E-state index < -0.39 is 0 Å². The van der Waals surface area contributed by atoms with Crippen molar-refractivity contribution in [3.05, 3.63) is 91.3 Å². The Morgan fingerprint density at radius 1 is 0.773 bits per heavy atom. The molecule has 0 N–H and O–H groups in total. The molecule has 0 amide bonds. The van der Waals surface area contributed by atoms with E-state index in [4.69, 9.17) is 0 Å². The van der Waals surface area contributed by atoms with E-state index in [2.05, 4.69) is 47.3 Å². The fraction of sp³-hybridized carbons (Fsp3) is 0. The molecule has 0 saturated carbocycles. The summed E-state index contributed by atoms with van der Waals surface area (Å²) in [6.45, 7) is 0. The van der Waals surface area contributed by atoms with Crippen LogP contribution >= 0.6 is 0 Å². The Hall–Kier alpha value is -2.22. The van der Waals surface area contributed by atoms with E-state index in [9.17, 15) is 0 Å². The summed E-state index contributed by atoms with van der Waals surface area (Å²) < 4.78 is 4.12. The monoisotopic (exact) mass is 462 g/mol. The number of rotatable bonds is 2. The van der Waals surface area contributed by atoms with Crippen LogP contribution in [0.5, 0.6) is 0 Å². The molecule has 1 aromatic heterocycles. The maximum atomic E-state index is 3.42. The molecule has 4 aromatic rings. The van der Waals surface area contributed by atoms with Crippen LogP contribution in [-0.4, -0.2) is 4.57 Å². The van der Waals surface area contributed by atoms with Crippen molar-refractivity contribution in [1.29, 1.82) is 0 Å². The minimum Gasteiger partial charge on any atom is -0.315 e. The standard InChI is InChI=1S/C19H13N2.Ir/c1-3-9-16(10-4-1)20-15-21(17-11-5-2-6-12-17)19-14-8-7-13-18(19)20;/h1-11,13-14H;/q-1;. The summed E-state index contributed by atoms with van der Waals surface area (Å²) in [5, 5.41) is 0. The Kier molecular flexibility index (Phi) is 4.19. The summed E-state index contributed by atoms with van der Waals surface area (Å²) >= 11 is 0. The van der Waals surface area contributed by atoms with Gasteiger partial charge in [-0.2, -0.15) is 30.3 Å². The zero-order valence-electron chi connectivity index (χ0n) is 11.7. The summed E-state index contributed by atoms with van der Waals surface area (Å²) in [6, 6.07) is 29.8. The third kappa shape index (κ3) is 2.50. The third-order valence-corrected chi connectivity index (χ3v) is 3.51. The van der Waals surface area contributed by atoms with Crippen LogP contribution in [0.4, 0.5) is 0 Å². The number of aromatic nitrogens is 2. The van der Waals surface area contributed by atoms with Crippen LogP contribution in [0.3, 0.4) is 0 Å². The largest absolute Gasteiger partial charge is 0.315 e. The van der Waals surface area contributed by atoms with Crippen LogP contribution in [0.2, 0.25) is 0 Å². The number of para-hydroxylation sites is 4. The molecule has 0 bridgehead atoms. The zero-order valence-corrected chi connectivity index (χ0v) is 14.1. The van der Waals surface area contributed by atoms with Gasteiger partial charge in [-0.15, -0.1) is 0 Å². The molecule has 0 aliphatic rings. The molecule has 1 heterocycles. The summed E-state index contributed by atoms with van der Waals surface area (Å²) in [6.07, 6.45) is 3.42. The summed E-state index contributed by atoms with van der Waals surface area (Å²) in [4.78, 5) is 0. The van der Waals surface area contributed by atoms with Gasteiger partial charge in [-0.05, 0) is 17.8 Å². The smallest absolute Gasteiger partial charge is 0.268 e. The third-order valence-electron chi connectivity index (χ3n) is 3.51. The second-order valence-electron chi connectivity index (χ2n) is 4.84. The predicted octanol–water partition coefficient (Wildman–Crippen LogP) is 3.51. The topological polar surface area (TPSA) is 8.81 Å². The Balaban J connectivity index is 0.00000144. The molecule has 0 spiro atoms. The van der Waals surface area contributed by atoms with Crippen molar-refractivity contribution >= 4 is 11.0 Å². The summed E-state index contributed by atoms with van der Waals surface area (Å²) in [7, 11) is 0. The number of hydrogen-bond donors (Lipinski definition) is 0. The number of nitrogens with zero attached hydrogens (tertiary/aromatic N) is 2. The van der Waals surface area contributed by atoms with Gasteiger partial charge >= 0.3 is 0 Å². The van der Waals surface area contributed by atoms with E-state index in [0.717, 1.165) is 22.4 Å². The summed E-state index contributed by atoms with van der Waals surface area (Å²) in [5.74, 6) is 0. The quantitative estimate of drug-likeness (QED) is 0.319. The molecule has 22 heavy (non-hydrogen) atoms. The Labute approximate surface area is 143 Å². The van der Waals surface area contributed by atoms with E-state index in [1.807, 2.05) is 53.1 Å². The van der Waals surface area contributed by atoms with Crippen LogP contribution in [-0.2, 0) is 20.1 Å². The number of hydrogen-bond acceptors (Lipinski definition) is 0. The first kappa shape index (κ1) is 14.7. The van der Waals surface area contributed by atoms with Gasteiger partial charge in [0.1, 0.15) is 0 Å². The van der Waals surface area contributed by atoms with Crippen molar-refractivity contribution in [1.82, 2.24) is 4.57 Å². The van der Waals surface area contributed by atoms with E-state index in [0.29, 0.717) is 0 Å². The van der Waals surface area contributed by atoms with E-state index in [1.54, 1.807) is 0 Å². The Morgan fingerprint density at radius 3 is 2.27 bits per heavy atom. The van der Waals surface area contributed by atoms with Gasteiger partial charge in [-0.25, -0.2) is 0 Å². The molecular formula is C19H13IrN2-. The summed E-state index contributed by atoms with van der Waals surface area (Å²) in [5.41, 5.74) is 4.33. The predicted molar refractivity (Wildman–Crippen MR) is 82.5 cm³/mol. The van der Waals surface area contributed by atoms with Gasteiger partial charge in [0.25, 0.3) is 6.33 Å². The van der Waals surface area contributed by atoms with Crippen molar-refractivity contribution in [2.45, 2.75) is 0 Å². The molecule has 0 fully saturated rings. The maximum absolute atomic E-state index is 3.42. The second-order valence-corrected chi connectivity index (χ2v) is 4.84. The number of fused-ring (bicyclic) bond motifs is 1. The molecule has 0 aliphatic heterocycles. The molecule has 0 aliphatic carbocycles. The molecule has 2 nitrogen and oxygen atoms in total. The Bertz CT molecular complexity index is 810. The van der Waals surface area contributed by atoms with Crippen LogP contribution < -0.4 is 4.57 Å². The molecule has 3 aromatic carbocycles.